The van der Waals surface area contributed by atoms with E-state index >= 15 is 0 Å². The van der Waals surface area contributed by atoms with Gasteiger partial charge in [-0.2, -0.15) is 5.10 Å². The maximum Gasteiger partial charge on any atom is 0.287 e. The van der Waals surface area contributed by atoms with Crippen molar-refractivity contribution >= 4 is 23.6 Å². The molecule has 2 N–H and O–H groups in total. The molecular weight excluding hydrogens is 402 g/mol. The van der Waals surface area contributed by atoms with E-state index in [2.05, 4.69) is 15.8 Å². The molecule has 0 aliphatic heterocycles. The number of rotatable bonds is 8. The Morgan fingerprint density at radius 2 is 1.47 bits per heavy atom. The molecule has 0 aliphatic carbocycles. The Balaban J connectivity index is 1.86. The predicted molar refractivity (Wildman–Crippen MR) is 126 cm³/mol. The first-order chi connectivity index (χ1) is 15.6. The number of hydrazone groups is 1. The van der Waals surface area contributed by atoms with Crippen molar-refractivity contribution in [2.24, 2.45) is 5.10 Å². The lowest BCUT2D eigenvalue weighted by Gasteiger charge is -2.11. The van der Waals surface area contributed by atoms with Crippen molar-refractivity contribution in [1.82, 2.24) is 10.7 Å². The Morgan fingerprint density at radius 1 is 0.875 bits per heavy atom. The topological polar surface area (TPSA) is 79.8 Å². The standard InChI is InChI=1S/C26H25N3O3/c1-3-23(20-10-6-4-7-11-20)28-29-26(31)24(18-19-14-16-22(32-2)17-15-19)27-25(30)21-12-8-5-9-13-21/h4-18H,3H2,1-2H3,(H,27,30)(H,29,31)/b24-18+,28-23-. The second-order valence-corrected chi connectivity index (χ2v) is 6.87. The van der Waals surface area contributed by atoms with E-state index in [1.54, 1.807) is 61.7 Å². The van der Waals surface area contributed by atoms with Crippen LogP contribution in [0.5, 0.6) is 5.75 Å². The summed E-state index contributed by atoms with van der Waals surface area (Å²) >= 11 is 0. The maximum absolute atomic E-state index is 13.0. The monoisotopic (exact) mass is 427 g/mol. The normalized spacial score (nSPS) is 11.6. The molecule has 0 saturated heterocycles. The molecule has 2 amide bonds. The highest BCUT2D eigenvalue weighted by atomic mass is 16.5. The molecule has 0 radical (unpaired) electrons. The lowest BCUT2D eigenvalue weighted by atomic mass is 10.1. The Kier molecular flexibility index (Phi) is 7.92. The summed E-state index contributed by atoms with van der Waals surface area (Å²) in [5, 5.41) is 6.99. The second-order valence-electron chi connectivity index (χ2n) is 6.87. The minimum atomic E-state index is -0.521. The van der Waals surface area contributed by atoms with E-state index in [4.69, 9.17) is 4.74 Å². The van der Waals surface area contributed by atoms with Crippen molar-refractivity contribution in [3.05, 3.63) is 107 Å². The third-order valence-electron chi connectivity index (χ3n) is 4.69. The van der Waals surface area contributed by atoms with Crippen LogP contribution < -0.4 is 15.5 Å². The van der Waals surface area contributed by atoms with Crippen LogP contribution in [0.3, 0.4) is 0 Å². The number of carbonyl (C=O) groups excluding carboxylic acids is 2. The van der Waals surface area contributed by atoms with E-state index in [0.717, 1.165) is 16.8 Å². The zero-order valence-electron chi connectivity index (χ0n) is 18.0. The van der Waals surface area contributed by atoms with Gasteiger partial charge in [-0.05, 0) is 47.9 Å². The fourth-order valence-corrected chi connectivity index (χ4v) is 2.97. The van der Waals surface area contributed by atoms with Gasteiger partial charge in [0.15, 0.2) is 0 Å². The minimum Gasteiger partial charge on any atom is -0.497 e. The van der Waals surface area contributed by atoms with Crippen LogP contribution in [0.25, 0.3) is 6.08 Å². The first-order valence-electron chi connectivity index (χ1n) is 10.2. The highest BCUT2D eigenvalue weighted by molar-refractivity contribution is 6.06. The van der Waals surface area contributed by atoms with Crippen LogP contribution in [-0.4, -0.2) is 24.6 Å². The third-order valence-corrected chi connectivity index (χ3v) is 4.69. The minimum absolute atomic E-state index is 0.0799. The molecule has 0 aliphatic rings. The Labute approximate surface area is 187 Å². The molecule has 0 bridgehead atoms. The summed E-state index contributed by atoms with van der Waals surface area (Å²) in [6, 6.07) is 25.5. The second kappa shape index (κ2) is 11.3. The van der Waals surface area contributed by atoms with E-state index in [0.29, 0.717) is 17.7 Å². The quantitative estimate of drug-likeness (QED) is 0.318. The van der Waals surface area contributed by atoms with E-state index in [-0.39, 0.29) is 11.6 Å². The van der Waals surface area contributed by atoms with Gasteiger partial charge < -0.3 is 10.1 Å². The smallest absolute Gasteiger partial charge is 0.287 e. The van der Waals surface area contributed by atoms with E-state index in [1.807, 2.05) is 43.3 Å². The summed E-state index contributed by atoms with van der Waals surface area (Å²) in [6.07, 6.45) is 2.23. The van der Waals surface area contributed by atoms with E-state index in [9.17, 15) is 9.59 Å². The lowest BCUT2D eigenvalue weighted by molar-refractivity contribution is -0.117. The molecule has 162 valence electrons. The molecule has 0 saturated carbocycles. The predicted octanol–water partition coefficient (Wildman–Crippen LogP) is 4.40. The molecule has 3 rings (SSSR count). The maximum atomic E-state index is 13.0. The first-order valence-corrected chi connectivity index (χ1v) is 10.2. The number of methoxy groups -OCH3 is 1. The highest BCUT2D eigenvalue weighted by Gasteiger charge is 2.15. The van der Waals surface area contributed by atoms with Gasteiger partial charge in [0.1, 0.15) is 11.4 Å². The third kappa shape index (κ3) is 6.15. The van der Waals surface area contributed by atoms with Crippen molar-refractivity contribution in [2.45, 2.75) is 13.3 Å². The van der Waals surface area contributed by atoms with Crippen LogP contribution in [0.2, 0.25) is 0 Å². The zero-order valence-corrected chi connectivity index (χ0v) is 18.0. The van der Waals surface area contributed by atoms with Gasteiger partial charge in [0.2, 0.25) is 0 Å². The fourth-order valence-electron chi connectivity index (χ4n) is 2.97. The van der Waals surface area contributed by atoms with Gasteiger partial charge in [0.05, 0.1) is 12.8 Å². The van der Waals surface area contributed by atoms with Crippen molar-refractivity contribution < 1.29 is 14.3 Å². The number of nitrogens with one attached hydrogen (secondary N) is 2. The van der Waals surface area contributed by atoms with Crippen LogP contribution in [0.15, 0.2) is 95.7 Å². The van der Waals surface area contributed by atoms with Crippen LogP contribution in [0.1, 0.15) is 34.8 Å². The van der Waals surface area contributed by atoms with Gasteiger partial charge in [-0.3, -0.25) is 9.59 Å². The first kappa shape index (κ1) is 22.5. The summed E-state index contributed by atoms with van der Waals surface area (Å²) < 4.78 is 5.18. The van der Waals surface area contributed by atoms with Crippen LogP contribution in [0.4, 0.5) is 0 Å². The fraction of sp³-hybridized carbons (Fsp3) is 0.115. The number of amides is 2. The SMILES string of the molecule is CC/C(=N/NC(=O)/C(=C\c1ccc(OC)cc1)NC(=O)c1ccccc1)c1ccccc1. The number of ether oxygens (including phenoxy) is 1. The average Bonchev–Trinajstić information content (AvgIpc) is 2.85. The number of nitrogens with zero attached hydrogens (tertiary/aromatic N) is 1. The highest BCUT2D eigenvalue weighted by Crippen LogP contribution is 2.14. The molecule has 0 atom stereocenters. The number of benzene rings is 3. The molecule has 0 fully saturated rings. The summed E-state index contributed by atoms with van der Waals surface area (Å²) in [6.45, 7) is 1.96. The largest absolute Gasteiger partial charge is 0.497 e. The van der Waals surface area contributed by atoms with Crippen LogP contribution in [0, 0.1) is 0 Å². The number of hydrogen-bond donors (Lipinski definition) is 2. The Morgan fingerprint density at radius 3 is 2.03 bits per heavy atom. The molecule has 0 unspecified atom stereocenters. The van der Waals surface area contributed by atoms with E-state index in [1.165, 1.54) is 0 Å². The summed E-state index contributed by atoms with van der Waals surface area (Å²) in [5.41, 5.74) is 5.48. The molecule has 6 heteroatoms. The lowest BCUT2D eigenvalue weighted by Crippen LogP contribution is -2.33. The number of carbonyl (C=O) groups is 2. The molecule has 3 aromatic carbocycles. The molecule has 0 aromatic heterocycles. The van der Waals surface area contributed by atoms with Crippen molar-refractivity contribution in [1.29, 1.82) is 0 Å². The molecule has 0 spiro atoms. The molecule has 6 nitrogen and oxygen atoms in total. The number of hydrogen-bond acceptors (Lipinski definition) is 4. The van der Waals surface area contributed by atoms with Gasteiger partial charge in [-0.15, -0.1) is 0 Å². The van der Waals surface area contributed by atoms with Crippen molar-refractivity contribution in [3.63, 3.8) is 0 Å². The van der Waals surface area contributed by atoms with Crippen molar-refractivity contribution in [2.75, 3.05) is 7.11 Å². The average molecular weight is 428 g/mol. The Hall–Kier alpha value is -4.19. The van der Waals surface area contributed by atoms with Gasteiger partial charge in [0, 0.05) is 5.56 Å². The summed E-state index contributed by atoms with van der Waals surface area (Å²) in [7, 11) is 1.58. The van der Waals surface area contributed by atoms with Gasteiger partial charge in [-0.1, -0.05) is 67.6 Å². The van der Waals surface area contributed by atoms with Crippen LogP contribution in [-0.2, 0) is 4.79 Å². The molecule has 3 aromatic rings. The molecular formula is C26H25N3O3. The molecule has 0 heterocycles. The Bertz CT molecular complexity index is 1110. The summed E-state index contributed by atoms with van der Waals surface area (Å²) in [5.74, 6) is -0.211. The molecule has 32 heavy (non-hydrogen) atoms. The zero-order chi connectivity index (χ0) is 22.8. The van der Waals surface area contributed by atoms with Gasteiger partial charge >= 0.3 is 0 Å². The van der Waals surface area contributed by atoms with E-state index < -0.39 is 5.91 Å². The van der Waals surface area contributed by atoms with Crippen molar-refractivity contribution in [3.8, 4) is 5.75 Å². The van der Waals surface area contributed by atoms with Gasteiger partial charge in [-0.25, -0.2) is 5.43 Å². The van der Waals surface area contributed by atoms with Crippen LogP contribution >= 0.6 is 0 Å². The van der Waals surface area contributed by atoms with Gasteiger partial charge in [0.25, 0.3) is 11.8 Å². The summed E-state index contributed by atoms with van der Waals surface area (Å²) in [4.78, 5) is 25.6.